The molecule has 5 atom stereocenters. The van der Waals surface area contributed by atoms with Crippen molar-refractivity contribution >= 4 is 17.9 Å². The lowest BCUT2D eigenvalue weighted by molar-refractivity contribution is -0.188. The first-order valence-corrected chi connectivity index (χ1v) is 9.69. The van der Waals surface area contributed by atoms with Crippen molar-refractivity contribution in [3.8, 4) is 0 Å². The average Bonchev–Trinajstić information content (AvgIpc) is 3.11. The molecule has 1 saturated heterocycles. The van der Waals surface area contributed by atoms with E-state index in [0.717, 1.165) is 0 Å². The number of carbonyl (C=O) groups excluding carboxylic acids is 3. The molecule has 2 bridgehead atoms. The van der Waals surface area contributed by atoms with Crippen molar-refractivity contribution in [2.24, 2.45) is 5.92 Å². The zero-order valence-corrected chi connectivity index (χ0v) is 17.5. The van der Waals surface area contributed by atoms with Crippen LogP contribution in [0.4, 0.5) is 0 Å². The molecule has 0 aliphatic carbocycles. The molecular formula is C22H26O8. The maximum atomic E-state index is 12.8. The lowest BCUT2D eigenvalue weighted by Crippen LogP contribution is -2.41. The predicted octanol–water partition coefficient (Wildman–Crippen LogP) is 1.89. The lowest BCUT2D eigenvalue weighted by Gasteiger charge is -2.33. The van der Waals surface area contributed by atoms with Crippen LogP contribution in [-0.2, 0) is 33.3 Å². The quantitative estimate of drug-likeness (QED) is 0.319. The summed E-state index contributed by atoms with van der Waals surface area (Å²) in [5.41, 5.74) is -0.160. The largest absolute Gasteiger partial charge is 0.461 e. The van der Waals surface area contributed by atoms with Crippen molar-refractivity contribution in [1.82, 2.24) is 0 Å². The van der Waals surface area contributed by atoms with Gasteiger partial charge in [0, 0.05) is 18.9 Å². The van der Waals surface area contributed by atoms with E-state index >= 15 is 0 Å². The summed E-state index contributed by atoms with van der Waals surface area (Å²) in [5, 5.41) is 10.8. The molecule has 0 spiro atoms. The van der Waals surface area contributed by atoms with Gasteiger partial charge in [0.25, 0.3) is 0 Å². The third kappa shape index (κ3) is 4.11. The number of ether oxygens (including phenoxy) is 4. The van der Waals surface area contributed by atoms with Gasteiger partial charge in [0.15, 0.2) is 0 Å². The van der Waals surface area contributed by atoms with Crippen LogP contribution in [0, 0.1) is 5.92 Å². The van der Waals surface area contributed by atoms with E-state index in [1.807, 2.05) is 0 Å². The van der Waals surface area contributed by atoms with E-state index in [-0.39, 0.29) is 24.2 Å². The summed E-state index contributed by atoms with van der Waals surface area (Å²) in [7, 11) is 0. The molecule has 3 rings (SSSR count). The second-order valence-electron chi connectivity index (χ2n) is 7.96. The highest BCUT2D eigenvalue weighted by Gasteiger charge is 2.52. The highest BCUT2D eigenvalue weighted by molar-refractivity contribution is 5.92. The van der Waals surface area contributed by atoms with Crippen molar-refractivity contribution < 1.29 is 38.4 Å². The smallest absolute Gasteiger partial charge is 0.337 e. The number of allylic oxidation sites excluding steroid dienone is 1. The van der Waals surface area contributed by atoms with Gasteiger partial charge in [-0.3, -0.25) is 4.79 Å². The topological polar surface area (TPSA) is 108 Å². The zero-order chi connectivity index (χ0) is 22.3. The Morgan fingerprint density at radius 2 is 2.10 bits per heavy atom. The van der Waals surface area contributed by atoms with Gasteiger partial charge < -0.3 is 24.1 Å². The molecule has 8 heteroatoms. The molecule has 3 aliphatic rings. The van der Waals surface area contributed by atoms with Crippen LogP contribution >= 0.6 is 0 Å². The summed E-state index contributed by atoms with van der Waals surface area (Å²) < 4.78 is 22.0. The third-order valence-electron chi connectivity index (χ3n) is 5.60. The minimum Gasteiger partial charge on any atom is -0.461 e. The fraction of sp³-hybridized carbons (Fsp3) is 0.500. The number of hydrogen-bond acceptors (Lipinski definition) is 8. The molecule has 162 valence electrons. The summed E-state index contributed by atoms with van der Waals surface area (Å²) in [6.45, 7) is 9.90. The van der Waals surface area contributed by atoms with E-state index in [1.165, 1.54) is 19.1 Å². The number of rotatable bonds is 4. The van der Waals surface area contributed by atoms with Crippen molar-refractivity contribution in [2.75, 3.05) is 6.61 Å². The molecule has 0 aromatic carbocycles. The van der Waals surface area contributed by atoms with Crippen LogP contribution in [0.5, 0.6) is 0 Å². The number of hydrogen-bond donors (Lipinski definition) is 1. The fourth-order valence-electron chi connectivity index (χ4n) is 3.87. The Morgan fingerprint density at radius 1 is 1.40 bits per heavy atom. The van der Waals surface area contributed by atoms with Crippen LogP contribution in [-0.4, -0.2) is 53.2 Å². The van der Waals surface area contributed by atoms with Crippen molar-refractivity contribution in [1.29, 1.82) is 0 Å². The predicted molar refractivity (Wildman–Crippen MR) is 105 cm³/mol. The first kappa shape index (κ1) is 22.0. The Morgan fingerprint density at radius 3 is 2.73 bits per heavy atom. The van der Waals surface area contributed by atoms with Crippen molar-refractivity contribution in [2.45, 2.75) is 57.7 Å². The van der Waals surface area contributed by atoms with E-state index in [2.05, 4.69) is 6.58 Å². The van der Waals surface area contributed by atoms with Crippen LogP contribution in [0.2, 0.25) is 0 Å². The first-order valence-electron chi connectivity index (χ1n) is 9.69. The van der Waals surface area contributed by atoms with Crippen LogP contribution in [0.15, 0.2) is 47.6 Å². The number of fused-ring (bicyclic) bond motifs is 3. The van der Waals surface area contributed by atoms with Crippen LogP contribution < -0.4 is 0 Å². The Labute approximate surface area is 174 Å². The second kappa shape index (κ2) is 7.85. The minimum absolute atomic E-state index is 0.153. The molecule has 30 heavy (non-hydrogen) atoms. The standard InChI is InChI=1S/C22H26O8/c1-6-15(11-27-14(4)23)20(25)29-17-10-21(5)7-8-22(26,30-21)12(2)9-16-18(17)13(3)19(24)28-16/h6-9,16-18,26H,3,10-11H2,1-2,4-5H3/b12-9-,15-6-/t16-,17-,18+,21-,22-/m1/s1. The maximum Gasteiger partial charge on any atom is 0.337 e. The van der Waals surface area contributed by atoms with E-state index in [4.69, 9.17) is 18.9 Å². The van der Waals surface area contributed by atoms with Crippen molar-refractivity contribution in [3.63, 3.8) is 0 Å². The minimum atomic E-state index is -1.64. The molecule has 0 unspecified atom stereocenters. The molecule has 0 radical (unpaired) electrons. The molecule has 1 fully saturated rings. The summed E-state index contributed by atoms with van der Waals surface area (Å²) in [6.07, 6.45) is 4.88. The number of carbonyl (C=O) groups is 3. The molecule has 3 aliphatic heterocycles. The average molecular weight is 418 g/mol. The van der Waals surface area contributed by atoms with E-state index in [9.17, 15) is 19.5 Å². The first-order chi connectivity index (χ1) is 14.0. The Balaban J connectivity index is 1.94. The van der Waals surface area contributed by atoms with Crippen LogP contribution in [0.25, 0.3) is 0 Å². The SMILES string of the molecule is C=C1C(=O)O[C@@H]2/C=C(/C)[C@@]3(O)C=C[C@](C)(C[C@@H](OC(=O)/C(=C\C)COC(C)=O)[C@@H]12)O3. The third-order valence-corrected chi connectivity index (χ3v) is 5.60. The lowest BCUT2D eigenvalue weighted by atomic mass is 9.83. The molecule has 3 heterocycles. The molecule has 0 amide bonds. The second-order valence-corrected chi connectivity index (χ2v) is 7.96. The maximum absolute atomic E-state index is 12.8. The van der Waals surface area contributed by atoms with Gasteiger partial charge in [0.05, 0.1) is 17.1 Å². The molecule has 1 N–H and O–H groups in total. The van der Waals surface area contributed by atoms with Gasteiger partial charge in [-0.15, -0.1) is 0 Å². The molecule has 0 aromatic heterocycles. The number of esters is 3. The summed E-state index contributed by atoms with van der Waals surface area (Å²) >= 11 is 0. The molecular weight excluding hydrogens is 392 g/mol. The van der Waals surface area contributed by atoms with Gasteiger partial charge in [-0.25, -0.2) is 9.59 Å². The molecule has 8 nitrogen and oxygen atoms in total. The zero-order valence-electron chi connectivity index (χ0n) is 17.5. The van der Waals surface area contributed by atoms with Crippen LogP contribution in [0.3, 0.4) is 0 Å². The van der Waals surface area contributed by atoms with E-state index in [0.29, 0.717) is 5.57 Å². The van der Waals surface area contributed by atoms with E-state index in [1.54, 1.807) is 32.9 Å². The summed E-state index contributed by atoms with van der Waals surface area (Å²) in [4.78, 5) is 36.1. The van der Waals surface area contributed by atoms with Gasteiger partial charge in [-0.1, -0.05) is 18.7 Å². The van der Waals surface area contributed by atoms with E-state index < -0.39 is 47.4 Å². The number of aliphatic hydroxyl groups is 1. The van der Waals surface area contributed by atoms with Gasteiger partial charge >= 0.3 is 17.9 Å². The Bertz CT molecular complexity index is 882. The van der Waals surface area contributed by atoms with Crippen molar-refractivity contribution in [3.05, 3.63) is 47.6 Å². The fourth-order valence-corrected chi connectivity index (χ4v) is 3.87. The summed E-state index contributed by atoms with van der Waals surface area (Å²) in [5.74, 6) is -4.08. The van der Waals surface area contributed by atoms with Gasteiger partial charge in [0.1, 0.15) is 18.8 Å². The van der Waals surface area contributed by atoms with Gasteiger partial charge in [-0.05, 0) is 38.5 Å². The Kier molecular flexibility index (Phi) is 5.75. The normalized spacial score (nSPS) is 37.3. The Hall–Kier alpha value is -2.71. The highest BCUT2D eigenvalue weighted by Crippen LogP contribution is 2.44. The molecule has 0 saturated carbocycles. The highest BCUT2D eigenvalue weighted by atomic mass is 16.6. The van der Waals surface area contributed by atoms with Gasteiger partial charge in [-0.2, -0.15) is 0 Å². The summed E-state index contributed by atoms with van der Waals surface area (Å²) in [6, 6.07) is 0. The van der Waals surface area contributed by atoms with Gasteiger partial charge in [0.2, 0.25) is 5.79 Å². The molecule has 0 aromatic rings. The van der Waals surface area contributed by atoms with Crippen LogP contribution in [0.1, 0.15) is 34.1 Å². The monoisotopic (exact) mass is 418 g/mol.